The third-order valence-corrected chi connectivity index (χ3v) is 8.37. The largest absolute Gasteiger partial charge is 0.447 e. The average molecular weight is 455 g/mol. The van der Waals surface area contributed by atoms with Crippen LogP contribution in [0.15, 0.2) is 24.3 Å². The molecule has 2 bridgehead atoms. The summed E-state index contributed by atoms with van der Waals surface area (Å²) in [5.41, 5.74) is 2.48. The number of amides is 3. The van der Waals surface area contributed by atoms with Gasteiger partial charge in [0.25, 0.3) is 0 Å². The standard InChI is InChI=1S/C26H38N4O3/c1-18(2)33-25(32)30-19-9-10-20(30)16-21(15-19)28-13-11-26(12-14-28)17-29(24(31)27(3)4)23-8-6-5-7-22(23)26/h5-8,18-21H,9-17H2,1-4H3. The zero-order valence-electron chi connectivity index (χ0n) is 20.5. The molecule has 4 heterocycles. The molecule has 1 aromatic rings. The lowest BCUT2D eigenvalue weighted by Gasteiger charge is -2.47. The Morgan fingerprint density at radius 3 is 2.27 bits per heavy atom. The van der Waals surface area contributed by atoms with Crippen LogP contribution in [0.1, 0.15) is 57.9 Å². The van der Waals surface area contributed by atoms with Gasteiger partial charge < -0.3 is 19.4 Å². The maximum atomic E-state index is 12.9. The van der Waals surface area contributed by atoms with Crippen molar-refractivity contribution in [3.05, 3.63) is 29.8 Å². The Morgan fingerprint density at radius 2 is 1.67 bits per heavy atom. The van der Waals surface area contributed by atoms with Gasteiger partial charge in [-0.1, -0.05) is 18.2 Å². The molecule has 0 aromatic heterocycles. The monoisotopic (exact) mass is 454 g/mol. The average Bonchev–Trinajstić information content (AvgIpc) is 3.25. The van der Waals surface area contributed by atoms with Gasteiger partial charge in [-0.3, -0.25) is 4.90 Å². The second kappa shape index (κ2) is 8.49. The Labute approximate surface area is 197 Å². The summed E-state index contributed by atoms with van der Waals surface area (Å²) in [5.74, 6) is 0. The molecule has 4 aliphatic rings. The molecule has 3 saturated heterocycles. The highest BCUT2D eigenvalue weighted by atomic mass is 16.6. The van der Waals surface area contributed by atoms with Crippen LogP contribution >= 0.6 is 0 Å². The van der Waals surface area contributed by atoms with Crippen LogP contribution in [0.2, 0.25) is 0 Å². The summed E-state index contributed by atoms with van der Waals surface area (Å²) in [5, 5.41) is 0. The molecule has 180 valence electrons. The summed E-state index contributed by atoms with van der Waals surface area (Å²) in [4.78, 5) is 33.9. The van der Waals surface area contributed by atoms with Crippen molar-refractivity contribution < 1.29 is 14.3 Å². The fourth-order valence-electron chi connectivity index (χ4n) is 6.79. The number of urea groups is 1. The molecule has 1 spiro atoms. The molecule has 0 N–H and O–H groups in total. The highest BCUT2D eigenvalue weighted by Crippen LogP contribution is 2.48. The van der Waals surface area contributed by atoms with Crippen molar-refractivity contribution in [2.24, 2.45) is 0 Å². The van der Waals surface area contributed by atoms with E-state index < -0.39 is 0 Å². The minimum absolute atomic E-state index is 0.0551. The molecule has 33 heavy (non-hydrogen) atoms. The van der Waals surface area contributed by atoms with Crippen LogP contribution in [0.5, 0.6) is 0 Å². The first-order chi connectivity index (χ1) is 15.8. The number of hydrogen-bond donors (Lipinski definition) is 0. The topological polar surface area (TPSA) is 56.3 Å². The second-order valence-corrected chi connectivity index (χ2v) is 10.9. The van der Waals surface area contributed by atoms with E-state index in [-0.39, 0.29) is 23.6 Å². The van der Waals surface area contributed by atoms with Gasteiger partial charge in [-0.2, -0.15) is 0 Å². The van der Waals surface area contributed by atoms with Gasteiger partial charge in [-0.15, -0.1) is 0 Å². The van der Waals surface area contributed by atoms with Gasteiger partial charge >= 0.3 is 12.1 Å². The Kier molecular flexibility index (Phi) is 5.79. The quantitative estimate of drug-likeness (QED) is 0.676. The predicted molar refractivity (Wildman–Crippen MR) is 129 cm³/mol. The third-order valence-electron chi connectivity index (χ3n) is 8.37. The van der Waals surface area contributed by atoms with E-state index in [4.69, 9.17) is 4.74 Å². The number of ether oxygens (including phenoxy) is 1. The number of carbonyl (C=O) groups excluding carboxylic acids is 2. The van der Waals surface area contributed by atoms with E-state index in [1.807, 2.05) is 43.8 Å². The van der Waals surface area contributed by atoms with Crippen molar-refractivity contribution in [2.45, 2.75) is 82.0 Å². The molecular formula is C26H38N4O3. The lowest BCUT2D eigenvalue weighted by atomic mass is 9.73. The molecule has 2 atom stereocenters. The van der Waals surface area contributed by atoms with E-state index >= 15 is 0 Å². The molecule has 3 amide bonds. The minimum Gasteiger partial charge on any atom is -0.447 e. The summed E-state index contributed by atoms with van der Waals surface area (Å²) < 4.78 is 5.53. The first-order valence-electron chi connectivity index (χ1n) is 12.6. The number of rotatable bonds is 2. The number of likely N-dealkylation sites (tertiary alicyclic amines) is 1. The highest BCUT2D eigenvalue weighted by molar-refractivity contribution is 5.95. The summed E-state index contributed by atoms with van der Waals surface area (Å²) in [6.45, 7) is 6.73. The molecule has 0 aliphatic carbocycles. The van der Waals surface area contributed by atoms with Crippen molar-refractivity contribution in [2.75, 3.05) is 38.6 Å². The number of nitrogens with zero attached hydrogens (tertiary/aromatic N) is 4. The van der Waals surface area contributed by atoms with Crippen LogP contribution < -0.4 is 4.90 Å². The van der Waals surface area contributed by atoms with Gasteiger partial charge in [0.2, 0.25) is 0 Å². The summed E-state index contributed by atoms with van der Waals surface area (Å²) >= 11 is 0. The van der Waals surface area contributed by atoms with Crippen LogP contribution in [0.4, 0.5) is 15.3 Å². The van der Waals surface area contributed by atoms with Crippen molar-refractivity contribution in [1.29, 1.82) is 0 Å². The highest BCUT2D eigenvalue weighted by Gasteiger charge is 2.50. The molecular weight excluding hydrogens is 416 g/mol. The van der Waals surface area contributed by atoms with Gasteiger partial charge in [0, 0.05) is 49.9 Å². The van der Waals surface area contributed by atoms with E-state index in [0.29, 0.717) is 18.1 Å². The lowest BCUT2D eigenvalue weighted by molar-refractivity contribution is 0.0176. The Balaban J connectivity index is 1.26. The minimum atomic E-state index is -0.123. The van der Waals surface area contributed by atoms with E-state index in [1.54, 1.807) is 4.90 Å². The Morgan fingerprint density at radius 1 is 1.03 bits per heavy atom. The van der Waals surface area contributed by atoms with Crippen LogP contribution in [0.25, 0.3) is 0 Å². The summed E-state index contributed by atoms with van der Waals surface area (Å²) in [6.07, 6.45) is 6.26. The summed E-state index contributed by atoms with van der Waals surface area (Å²) in [6, 6.07) is 9.72. The molecule has 0 saturated carbocycles. The van der Waals surface area contributed by atoms with Crippen LogP contribution in [0.3, 0.4) is 0 Å². The molecule has 7 nitrogen and oxygen atoms in total. The van der Waals surface area contributed by atoms with Gasteiger partial charge in [0.1, 0.15) is 0 Å². The van der Waals surface area contributed by atoms with Crippen LogP contribution in [-0.2, 0) is 10.2 Å². The van der Waals surface area contributed by atoms with Gasteiger partial charge in [-0.05, 0) is 77.1 Å². The van der Waals surface area contributed by atoms with Crippen molar-refractivity contribution in [1.82, 2.24) is 14.7 Å². The molecule has 3 fully saturated rings. The maximum Gasteiger partial charge on any atom is 0.410 e. The molecule has 7 heteroatoms. The smallest absolute Gasteiger partial charge is 0.410 e. The molecule has 0 radical (unpaired) electrons. The number of fused-ring (bicyclic) bond motifs is 4. The van der Waals surface area contributed by atoms with Crippen molar-refractivity contribution >= 4 is 17.8 Å². The molecule has 1 aromatic carbocycles. The number of anilines is 1. The molecule has 4 aliphatic heterocycles. The van der Waals surface area contributed by atoms with Crippen LogP contribution in [0, 0.1) is 0 Å². The fraction of sp³-hybridized carbons (Fsp3) is 0.692. The number of carbonyl (C=O) groups is 2. The van der Waals surface area contributed by atoms with E-state index in [2.05, 4.69) is 23.1 Å². The predicted octanol–water partition coefficient (Wildman–Crippen LogP) is 4.06. The fourth-order valence-corrected chi connectivity index (χ4v) is 6.79. The van der Waals surface area contributed by atoms with E-state index in [0.717, 1.165) is 63.8 Å². The van der Waals surface area contributed by atoms with Gasteiger partial charge in [0.15, 0.2) is 0 Å². The third kappa shape index (κ3) is 3.88. The number of para-hydroxylation sites is 1. The van der Waals surface area contributed by atoms with Crippen LogP contribution in [-0.4, -0.2) is 84.8 Å². The van der Waals surface area contributed by atoms with Crippen molar-refractivity contribution in [3.63, 3.8) is 0 Å². The Hall–Kier alpha value is -2.28. The number of benzene rings is 1. The summed E-state index contributed by atoms with van der Waals surface area (Å²) in [7, 11) is 3.66. The molecule has 5 rings (SSSR count). The zero-order valence-corrected chi connectivity index (χ0v) is 20.5. The first-order valence-corrected chi connectivity index (χ1v) is 12.6. The first kappa shape index (κ1) is 22.5. The SMILES string of the molecule is CC(C)OC(=O)N1C2CCC1CC(N1CCC3(CC1)CN(C(=O)N(C)C)c1ccccc13)C2. The molecule has 2 unspecified atom stereocenters. The number of hydrogen-bond acceptors (Lipinski definition) is 4. The van der Waals surface area contributed by atoms with Gasteiger partial charge in [-0.25, -0.2) is 9.59 Å². The second-order valence-electron chi connectivity index (χ2n) is 10.9. The maximum absolute atomic E-state index is 12.9. The van der Waals surface area contributed by atoms with Crippen molar-refractivity contribution in [3.8, 4) is 0 Å². The zero-order chi connectivity index (χ0) is 23.3. The van der Waals surface area contributed by atoms with E-state index in [9.17, 15) is 9.59 Å². The number of piperidine rings is 2. The normalized spacial score (nSPS) is 28.3. The van der Waals surface area contributed by atoms with E-state index in [1.165, 1.54) is 5.56 Å². The van der Waals surface area contributed by atoms with Gasteiger partial charge in [0.05, 0.1) is 6.10 Å². The lowest BCUT2D eigenvalue weighted by Crippen LogP contribution is -2.56. The Bertz CT molecular complexity index is 895.